The van der Waals surface area contributed by atoms with Crippen LogP contribution in [0.4, 0.5) is 5.82 Å². The Morgan fingerprint density at radius 3 is 3.00 bits per heavy atom. The number of nitrogens with zero attached hydrogens (tertiary/aromatic N) is 2. The summed E-state index contributed by atoms with van der Waals surface area (Å²) in [4.78, 5) is 13.5. The molecule has 0 amide bonds. The van der Waals surface area contributed by atoms with Crippen molar-refractivity contribution in [3.63, 3.8) is 0 Å². The lowest BCUT2D eigenvalue weighted by molar-refractivity contribution is -0.352. The van der Waals surface area contributed by atoms with E-state index in [9.17, 15) is 0 Å². The predicted molar refractivity (Wildman–Crippen MR) is 34.9 cm³/mol. The van der Waals surface area contributed by atoms with Crippen LogP contribution in [0, 0.1) is 0 Å². The van der Waals surface area contributed by atoms with Crippen molar-refractivity contribution in [3.8, 4) is 0 Å². The summed E-state index contributed by atoms with van der Waals surface area (Å²) in [5.74, 6) is 0.464. The second kappa shape index (κ2) is 2.99. The van der Waals surface area contributed by atoms with E-state index in [0.717, 1.165) is 11.2 Å². The molecule has 5 nitrogen and oxygen atoms in total. The first-order valence-electron chi connectivity index (χ1n) is 2.83. The van der Waals surface area contributed by atoms with Gasteiger partial charge in [0.2, 0.25) is 12.1 Å². The zero-order valence-electron chi connectivity index (χ0n) is 5.50. The van der Waals surface area contributed by atoms with E-state index in [2.05, 4.69) is 19.9 Å². The average molecular weight is 263 g/mol. The van der Waals surface area contributed by atoms with Crippen molar-refractivity contribution in [2.24, 2.45) is 0 Å². The summed E-state index contributed by atoms with van der Waals surface area (Å²) in [7, 11) is 0. The molecule has 2 aromatic rings. The van der Waals surface area contributed by atoms with Gasteiger partial charge in [-0.3, -0.25) is 0 Å². The van der Waals surface area contributed by atoms with E-state index in [4.69, 9.17) is 5.73 Å². The minimum absolute atomic E-state index is 0. The van der Waals surface area contributed by atoms with Crippen LogP contribution in [-0.4, -0.2) is 15.0 Å². The molecule has 0 aliphatic heterocycles. The molecular formula is C5H6IN5. The normalized spacial score (nSPS) is 9.45. The maximum Gasteiger partial charge on any atom is 0.290 e. The van der Waals surface area contributed by atoms with E-state index in [1.807, 2.05) is 0 Å². The van der Waals surface area contributed by atoms with Crippen LogP contribution >= 0.6 is 0 Å². The van der Waals surface area contributed by atoms with Crippen molar-refractivity contribution in [2.45, 2.75) is 0 Å². The molecular weight excluding hydrogens is 257 g/mol. The highest BCUT2D eigenvalue weighted by atomic mass is 127. The Bertz CT molecular complexity index is 356. The predicted octanol–water partition coefficient (Wildman–Crippen LogP) is -3.64. The molecule has 2 rings (SSSR count). The number of rotatable bonds is 0. The average Bonchev–Trinajstić information content (AvgIpc) is 2.36. The molecule has 0 saturated carbocycles. The third-order valence-corrected chi connectivity index (χ3v) is 1.30. The number of anilines is 1. The first-order chi connectivity index (χ1) is 4.88. The summed E-state index contributed by atoms with van der Waals surface area (Å²) in [6.07, 6.45) is 3.08. The first-order valence-corrected chi connectivity index (χ1v) is 2.83. The summed E-state index contributed by atoms with van der Waals surface area (Å²) in [5.41, 5.74) is 6.98. The lowest BCUT2D eigenvalue weighted by atomic mass is 10.5. The second-order valence-electron chi connectivity index (χ2n) is 1.91. The van der Waals surface area contributed by atoms with Gasteiger partial charge in [0, 0.05) is 0 Å². The quantitative estimate of drug-likeness (QED) is 0.481. The number of imidazole rings is 1. The Kier molecular flexibility index (Phi) is 2.22. The summed E-state index contributed by atoms with van der Waals surface area (Å²) in [5, 5.41) is 0. The van der Waals surface area contributed by atoms with Crippen LogP contribution in [0.3, 0.4) is 0 Å². The smallest absolute Gasteiger partial charge is 0.290 e. The van der Waals surface area contributed by atoms with Crippen LogP contribution in [-0.2, 0) is 0 Å². The highest BCUT2D eigenvalue weighted by Gasteiger charge is 2.06. The summed E-state index contributed by atoms with van der Waals surface area (Å²) >= 11 is 0. The van der Waals surface area contributed by atoms with Crippen molar-refractivity contribution in [1.29, 1.82) is 0 Å². The molecule has 0 atom stereocenters. The molecule has 58 valence electrons. The van der Waals surface area contributed by atoms with E-state index >= 15 is 0 Å². The molecule has 0 aliphatic rings. The Morgan fingerprint density at radius 2 is 2.27 bits per heavy atom. The number of H-pyrrole nitrogens is 2. The van der Waals surface area contributed by atoms with Gasteiger partial charge in [-0.1, -0.05) is 9.97 Å². The summed E-state index contributed by atoms with van der Waals surface area (Å²) < 4.78 is 0. The van der Waals surface area contributed by atoms with Gasteiger partial charge in [-0.25, -0.2) is 4.98 Å². The van der Waals surface area contributed by atoms with E-state index in [1.165, 1.54) is 6.33 Å². The van der Waals surface area contributed by atoms with Crippen molar-refractivity contribution >= 4 is 17.0 Å². The van der Waals surface area contributed by atoms with Gasteiger partial charge < -0.3 is 34.7 Å². The van der Waals surface area contributed by atoms with Gasteiger partial charge in [0.15, 0.2) is 11.8 Å². The van der Waals surface area contributed by atoms with Gasteiger partial charge in [0.1, 0.15) is 0 Å². The number of fused-ring (bicyclic) bond motifs is 1. The number of nitrogen functional groups attached to an aromatic ring is 1. The number of aromatic amines is 2. The minimum Gasteiger partial charge on any atom is -1.00 e. The van der Waals surface area contributed by atoms with Crippen LogP contribution in [0.5, 0.6) is 0 Å². The Labute approximate surface area is 79.5 Å². The summed E-state index contributed by atoms with van der Waals surface area (Å²) in [6, 6.07) is 0. The molecule has 6 heteroatoms. The molecule has 11 heavy (non-hydrogen) atoms. The molecule has 4 N–H and O–H groups in total. The molecule has 0 fully saturated rings. The largest absolute Gasteiger partial charge is 1.00 e. The van der Waals surface area contributed by atoms with Crippen LogP contribution < -0.4 is 34.7 Å². The fourth-order valence-corrected chi connectivity index (χ4v) is 0.826. The number of nitrogens with one attached hydrogen (secondary N) is 2. The van der Waals surface area contributed by atoms with Crippen LogP contribution in [0.15, 0.2) is 12.7 Å². The van der Waals surface area contributed by atoms with Gasteiger partial charge >= 0.3 is 0 Å². The van der Waals surface area contributed by atoms with Crippen molar-refractivity contribution in [1.82, 2.24) is 15.0 Å². The zero-order valence-corrected chi connectivity index (χ0v) is 7.66. The Balaban J connectivity index is 0.000000605. The second-order valence-corrected chi connectivity index (χ2v) is 1.91. The molecule has 0 bridgehead atoms. The number of hydrogen-bond acceptors (Lipinski definition) is 3. The first kappa shape index (κ1) is 8.18. The molecule has 0 unspecified atom stereocenters. The van der Waals surface area contributed by atoms with Crippen molar-refractivity contribution < 1.29 is 29.0 Å². The Hall–Kier alpha value is -0.920. The third-order valence-electron chi connectivity index (χ3n) is 1.30. The number of nitrogens with two attached hydrogens (primary N) is 1. The molecule has 0 aromatic carbocycles. The maximum atomic E-state index is 5.50. The third kappa shape index (κ3) is 1.25. The van der Waals surface area contributed by atoms with Crippen molar-refractivity contribution in [3.05, 3.63) is 12.7 Å². The van der Waals surface area contributed by atoms with Crippen LogP contribution in [0.2, 0.25) is 0 Å². The van der Waals surface area contributed by atoms with E-state index in [1.54, 1.807) is 6.33 Å². The van der Waals surface area contributed by atoms with Gasteiger partial charge in [0.25, 0.3) is 5.65 Å². The molecule has 2 heterocycles. The van der Waals surface area contributed by atoms with Crippen molar-refractivity contribution in [2.75, 3.05) is 5.73 Å². The maximum absolute atomic E-state index is 5.50. The van der Waals surface area contributed by atoms with Crippen LogP contribution in [0.25, 0.3) is 11.2 Å². The molecule has 0 saturated heterocycles. The van der Waals surface area contributed by atoms with Gasteiger partial charge in [0.05, 0.1) is 0 Å². The van der Waals surface area contributed by atoms with Gasteiger partial charge in [-0.15, -0.1) is 0 Å². The minimum atomic E-state index is 0. The highest BCUT2D eigenvalue weighted by molar-refractivity contribution is 5.77. The molecule has 2 aromatic heterocycles. The molecule has 0 spiro atoms. The highest BCUT2D eigenvalue weighted by Crippen LogP contribution is 2.06. The Morgan fingerprint density at radius 1 is 1.45 bits per heavy atom. The molecule has 0 radical (unpaired) electrons. The fourth-order valence-electron chi connectivity index (χ4n) is 0.826. The van der Waals surface area contributed by atoms with E-state index in [0.29, 0.717) is 5.82 Å². The van der Waals surface area contributed by atoms with E-state index in [-0.39, 0.29) is 24.0 Å². The number of halogens is 1. The zero-order chi connectivity index (χ0) is 6.97. The van der Waals surface area contributed by atoms with Gasteiger partial charge in [-0.2, -0.15) is 0 Å². The standard InChI is InChI=1S/C5H5N5.HI/c6-4-3-5(9-1-7-3)10-2-8-4;/h1-2H,(H3,6,7,8,9,10);1H. The fraction of sp³-hybridized carbons (Fsp3) is 0. The number of aromatic nitrogens is 4. The van der Waals surface area contributed by atoms with Crippen LogP contribution in [0.1, 0.15) is 0 Å². The van der Waals surface area contributed by atoms with E-state index < -0.39 is 0 Å². The monoisotopic (exact) mass is 263 g/mol. The lowest BCUT2D eigenvalue weighted by Gasteiger charge is -1.82. The lowest BCUT2D eigenvalue weighted by Crippen LogP contribution is -3.00. The summed E-state index contributed by atoms with van der Waals surface area (Å²) in [6.45, 7) is 0. The van der Waals surface area contributed by atoms with Gasteiger partial charge in [-0.05, 0) is 0 Å². The topological polar surface area (TPSA) is 81.7 Å². The SMILES string of the molecule is Nc1nc[nH+]c2nc[nH]c12.[I-]. The number of hydrogen-bond donors (Lipinski definition) is 2. The molecule has 0 aliphatic carbocycles.